The third kappa shape index (κ3) is 4.26. The zero-order valence-corrected chi connectivity index (χ0v) is 17.3. The monoisotopic (exact) mass is 391 g/mol. The predicted molar refractivity (Wildman–Crippen MR) is 103 cm³/mol. The van der Waals surface area contributed by atoms with Gasteiger partial charge in [0.1, 0.15) is 12.1 Å². The van der Waals surface area contributed by atoms with Gasteiger partial charge in [0.2, 0.25) is 5.78 Å². The number of ketones is 1. The van der Waals surface area contributed by atoms with E-state index >= 15 is 0 Å². The van der Waals surface area contributed by atoms with E-state index in [1.807, 2.05) is 32.3 Å². The van der Waals surface area contributed by atoms with Crippen LogP contribution in [0.3, 0.4) is 0 Å². The van der Waals surface area contributed by atoms with E-state index in [1.54, 1.807) is 13.0 Å². The Morgan fingerprint density at radius 1 is 1.21 bits per heavy atom. The number of urea groups is 1. The average molecular weight is 391 g/mol. The topological polar surface area (TPSA) is 97.7 Å². The van der Waals surface area contributed by atoms with Crippen LogP contribution in [0.5, 0.6) is 0 Å². The number of nitrogens with one attached hydrogen (secondary N) is 1. The van der Waals surface area contributed by atoms with Gasteiger partial charge in [-0.1, -0.05) is 19.8 Å². The van der Waals surface area contributed by atoms with E-state index in [-0.39, 0.29) is 5.78 Å². The molecule has 0 aromatic carbocycles. The fraction of sp³-hybridized carbons (Fsp3) is 0.600. The van der Waals surface area contributed by atoms with Crippen LogP contribution in [0.4, 0.5) is 4.79 Å². The van der Waals surface area contributed by atoms with Gasteiger partial charge in [0.15, 0.2) is 6.61 Å². The second-order valence-electron chi connectivity index (χ2n) is 7.37. The molecule has 0 spiro atoms. The van der Waals surface area contributed by atoms with Gasteiger partial charge >= 0.3 is 12.0 Å². The van der Waals surface area contributed by atoms with Gasteiger partial charge in [0, 0.05) is 23.5 Å². The normalized spacial score (nSPS) is 19.1. The van der Waals surface area contributed by atoms with Crippen LogP contribution in [0.2, 0.25) is 0 Å². The fourth-order valence-corrected chi connectivity index (χ4v) is 3.56. The number of hydrogen-bond donors (Lipinski definition) is 1. The molecule has 8 heteroatoms. The van der Waals surface area contributed by atoms with Crippen molar-refractivity contribution in [3.63, 3.8) is 0 Å². The fourth-order valence-electron chi connectivity index (χ4n) is 3.56. The summed E-state index contributed by atoms with van der Waals surface area (Å²) < 4.78 is 7.03. The summed E-state index contributed by atoms with van der Waals surface area (Å²) in [5.74, 6) is -1.55. The van der Waals surface area contributed by atoms with Crippen molar-refractivity contribution in [3.05, 3.63) is 23.0 Å². The molecule has 8 nitrogen and oxygen atoms in total. The molecule has 1 aromatic rings. The highest BCUT2D eigenvalue weighted by Gasteiger charge is 2.47. The Morgan fingerprint density at radius 3 is 2.46 bits per heavy atom. The van der Waals surface area contributed by atoms with Gasteiger partial charge in [-0.2, -0.15) is 0 Å². The van der Waals surface area contributed by atoms with Crippen LogP contribution in [-0.2, 0) is 20.9 Å². The molecule has 154 valence electrons. The number of imide groups is 1. The lowest BCUT2D eigenvalue weighted by Gasteiger charge is -2.21. The number of unbranched alkanes of at least 4 members (excludes halogenated alkanes) is 1. The Labute approximate surface area is 165 Å². The molecular weight excluding hydrogens is 362 g/mol. The maximum atomic E-state index is 12.5. The minimum Gasteiger partial charge on any atom is -0.456 e. The van der Waals surface area contributed by atoms with Crippen LogP contribution in [-0.4, -0.2) is 51.8 Å². The van der Waals surface area contributed by atoms with Crippen molar-refractivity contribution in [3.8, 4) is 0 Å². The second kappa shape index (κ2) is 8.58. The number of esters is 1. The summed E-state index contributed by atoms with van der Waals surface area (Å²) in [7, 11) is 0. The zero-order valence-electron chi connectivity index (χ0n) is 17.3. The molecule has 0 aliphatic carbocycles. The minimum absolute atomic E-state index is 0.314. The van der Waals surface area contributed by atoms with E-state index < -0.39 is 36.6 Å². The van der Waals surface area contributed by atoms with Crippen LogP contribution < -0.4 is 5.32 Å². The molecule has 2 rings (SSSR count). The van der Waals surface area contributed by atoms with Gasteiger partial charge in [-0.3, -0.25) is 19.3 Å². The lowest BCUT2D eigenvalue weighted by atomic mass is 9.95. The molecular formula is C20H29N3O5. The largest absolute Gasteiger partial charge is 0.456 e. The van der Waals surface area contributed by atoms with Crippen molar-refractivity contribution in [1.29, 1.82) is 0 Å². The van der Waals surface area contributed by atoms with Crippen molar-refractivity contribution in [1.82, 2.24) is 14.8 Å². The maximum Gasteiger partial charge on any atom is 0.326 e. The molecule has 0 saturated carbocycles. The third-order valence-electron chi connectivity index (χ3n) is 5.22. The number of amides is 3. The van der Waals surface area contributed by atoms with Gasteiger partial charge in [0.05, 0.1) is 0 Å². The van der Waals surface area contributed by atoms with Crippen LogP contribution in [0, 0.1) is 13.8 Å². The maximum absolute atomic E-state index is 12.5. The molecule has 2 heterocycles. The van der Waals surface area contributed by atoms with Crippen molar-refractivity contribution in [2.45, 2.75) is 66.0 Å². The summed E-state index contributed by atoms with van der Waals surface area (Å²) in [6.07, 6.45) is 2.18. The van der Waals surface area contributed by atoms with Gasteiger partial charge in [-0.25, -0.2) is 4.79 Å². The van der Waals surface area contributed by atoms with E-state index in [0.717, 1.165) is 35.7 Å². The average Bonchev–Trinajstić information content (AvgIpc) is 3.05. The Morgan fingerprint density at radius 2 is 1.89 bits per heavy atom. The molecule has 1 N–H and O–H groups in total. The number of ether oxygens (including phenoxy) is 1. The Hall–Kier alpha value is -2.64. The molecule has 0 unspecified atom stereocenters. The molecule has 1 aromatic heterocycles. The zero-order chi connectivity index (χ0) is 21.1. The number of rotatable bonds is 9. The standard InChI is InChI=1S/C20H29N3O5/c1-6-8-9-20(5)18(26)23(19(27)21-20)11-17(25)28-12-16(24)15-10-13(3)22(7-2)14(15)4/h10H,6-9,11-12H2,1-5H3,(H,21,27)/t20-/m0/s1. The van der Waals surface area contributed by atoms with E-state index in [2.05, 4.69) is 5.32 Å². The second-order valence-corrected chi connectivity index (χ2v) is 7.37. The minimum atomic E-state index is -0.999. The molecule has 1 fully saturated rings. The summed E-state index contributed by atoms with van der Waals surface area (Å²) in [6.45, 7) is 9.20. The van der Waals surface area contributed by atoms with Crippen molar-refractivity contribution in [2.75, 3.05) is 13.2 Å². The van der Waals surface area contributed by atoms with Gasteiger partial charge in [-0.05, 0) is 40.2 Å². The molecule has 28 heavy (non-hydrogen) atoms. The van der Waals surface area contributed by atoms with Gasteiger partial charge in [-0.15, -0.1) is 0 Å². The molecule has 3 amide bonds. The predicted octanol–water partition coefficient (Wildman–Crippen LogP) is 2.35. The summed E-state index contributed by atoms with van der Waals surface area (Å²) >= 11 is 0. The summed E-state index contributed by atoms with van der Waals surface area (Å²) in [5.41, 5.74) is 1.29. The van der Waals surface area contributed by atoms with Crippen LogP contribution in [0.25, 0.3) is 0 Å². The van der Waals surface area contributed by atoms with Crippen LogP contribution in [0.1, 0.15) is 61.8 Å². The number of carbonyl (C=O) groups is 4. The number of aryl methyl sites for hydroxylation is 1. The van der Waals surface area contributed by atoms with E-state index in [0.29, 0.717) is 12.0 Å². The van der Waals surface area contributed by atoms with Crippen molar-refractivity contribution < 1.29 is 23.9 Å². The van der Waals surface area contributed by atoms with Crippen LogP contribution >= 0.6 is 0 Å². The molecule has 1 aliphatic heterocycles. The van der Waals surface area contributed by atoms with Crippen LogP contribution in [0.15, 0.2) is 6.07 Å². The molecule has 1 aliphatic rings. The lowest BCUT2D eigenvalue weighted by Crippen LogP contribution is -2.44. The number of aromatic nitrogens is 1. The third-order valence-corrected chi connectivity index (χ3v) is 5.22. The highest BCUT2D eigenvalue weighted by atomic mass is 16.5. The highest BCUT2D eigenvalue weighted by Crippen LogP contribution is 2.23. The first-order chi connectivity index (χ1) is 13.1. The number of Topliss-reactive ketones (excluding diaryl/α,β-unsaturated/α-hetero) is 1. The quantitative estimate of drug-likeness (QED) is 0.396. The first-order valence-corrected chi connectivity index (χ1v) is 9.64. The van der Waals surface area contributed by atoms with E-state index in [1.165, 1.54) is 0 Å². The first kappa shape index (κ1) is 21.7. The Balaban J connectivity index is 1.95. The molecule has 0 bridgehead atoms. The highest BCUT2D eigenvalue weighted by molar-refractivity contribution is 6.08. The lowest BCUT2D eigenvalue weighted by molar-refractivity contribution is -0.146. The van der Waals surface area contributed by atoms with E-state index in [9.17, 15) is 19.2 Å². The van der Waals surface area contributed by atoms with Crippen molar-refractivity contribution in [2.24, 2.45) is 0 Å². The first-order valence-electron chi connectivity index (χ1n) is 9.64. The Bertz CT molecular complexity index is 798. The van der Waals surface area contributed by atoms with Gasteiger partial charge < -0.3 is 14.6 Å². The number of carbonyl (C=O) groups excluding carboxylic acids is 4. The Kier molecular flexibility index (Phi) is 6.64. The number of hydrogen-bond acceptors (Lipinski definition) is 5. The van der Waals surface area contributed by atoms with E-state index in [4.69, 9.17) is 4.74 Å². The SMILES string of the molecule is CCCC[C@]1(C)NC(=O)N(CC(=O)OCC(=O)c2cc(C)n(CC)c2C)C1=O. The summed E-state index contributed by atoms with van der Waals surface area (Å²) in [5, 5.41) is 2.64. The summed E-state index contributed by atoms with van der Waals surface area (Å²) in [6, 6.07) is 1.16. The molecule has 0 radical (unpaired) electrons. The van der Waals surface area contributed by atoms with Crippen molar-refractivity contribution >= 4 is 23.7 Å². The summed E-state index contributed by atoms with van der Waals surface area (Å²) in [4.78, 5) is 50.0. The van der Waals surface area contributed by atoms with Gasteiger partial charge in [0.25, 0.3) is 5.91 Å². The number of nitrogens with zero attached hydrogens (tertiary/aromatic N) is 2. The smallest absolute Gasteiger partial charge is 0.326 e. The molecule has 1 saturated heterocycles. The molecule has 1 atom stereocenters.